The van der Waals surface area contributed by atoms with Crippen LogP contribution in [0.3, 0.4) is 0 Å². The van der Waals surface area contributed by atoms with E-state index in [2.05, 4.69) is 132 Å². The number of rotatable bonds is 2. The first-order valence-electron chi connectivity index (χ1n) is 11.4. The third kappa shape index (κ3) is 2.79. The van der Waals surface area contributed by atoms with E-state index in [1.54, 1.807) is 0 Å². The molecule has 7 rings (SSSR count). The second-order valence-electron chi connectivity index (χ2n) is 8.65. The number of fused-ring (bicyclic) bond motifs is 6. The van der Waals surface area contributed by atoms with Gasteiger partial charge in [0.15, 0.2) is 0 Å². The predicted molar refractivity (Wildman–Crippen MR) is 141 cm³/mol. The Morgan fingerprint density at radius 1 is 0.394 bits per heavy atom. The van der Waals surface area contributed by atoms with Crippen molar-refractivity contribution < 1.29 is 0 Å². The summed E-state index contributed by atoms with van der Waals surface area (Å²) < 4.78 is 2.41. The maximum Gasteiger partial charge on any atom is 0.0547 e. The number of hydrogen-bond donors (Lipinski definition) is 0. The van der Waals surface area contributed by atoms with Gasteiger partial charge in [-0.2, -0.15) is 0 Å². The number of para-hydroxylation sites is 1. The number of benzene rings is 6. The SMILES string of the molecule is c1ccc(-c2ccc3ccc4c(c3c2)c2ccccc2n4-c2ccc3ccccc3c2)cc1. The molecule has 0 aliphatic rings. The Morgan fingerprint density at radius 3 is 2.03 bits per heavy atom. The first-order valence-corrected chi connectivity index (χ1v) is 11.4. The Balaban J connectivity index is 1.59. The molecular formula is C32H21N. The molecule has 0 saturated heterocycles. The van der Waals surface area contributed by atoms with Crippen LogP contribution in [0, 0.1) is 0 Å². The number of hydrogen-bond acceptors (Lipinski definition) is 0. The van der Waals surface area contributed by atoms with Gasteiger partial charge >= 0.3 is 0 Å². The standard InChI is InChI=1S/C32H21N/c1-2-8-22(9-3-1)26-15-14-24-17-19-31-32(29(24)21-26)28-12-6-7-13-30(28)33(31)27-18-16-23-10-4-5-11-25(23)20-27/h1-21H. The molecule has 7 aromatic rings. The highest BCUT2D eigenvalue weighted by atomic mass is 15.0. The van der Waals surface area contributed by atoms with E-state index in [1.165, 1.54) is 60.2 Å². The van der Waals surface area contributed by atoms with Gasteiger partial charge in [-0.1, -0.05) is 97.1 Å². The van der Waals surface area contributed by atoms with Crippen LogP contribution < -0.4 is 0 Å². The van der Waals surface area contributed by atoms with E-state index in [9.17, 15) is 0 Å². The molecule has 0 N–H and O–H groups in total. The Labute approximate surface area is 192 Å². The molecule has 0 spiro atoms. The van der Waals surface area contributed by atoms with Gasteiger partial charge in [-0.15, -0.1) is 0 Å². The molecule has 1 heteroatoms. The second kappa shape index (κ2) is 7.08. The van der Waals surface area contributed by atoms with Gasteiger partial charge in [-0.25, -0.2) is 0 Å². The van der Waals surface area contributed by atoms with E-state index in [4.69, 9.17) is 0 Å². The van der Waals surface area contributed by atoms with Gasteiger partial charge in [0.05, 0.1) is 11.0 Å². The van der Waals surface area contributed by atoms with Crippen LogP contribution in [0.25, 0.3) is 60.2 Å². The van der Waals surface area contributed by atoms with Crippen LogP contribution in [-0.2, 0) is 0 Å². The topological polar surface area (TPSA) is 4.93 Å². The lowest BCUT2D eigenvalue weighted by Gasteiger charge is -2.10. The molecule has 0 fully saturated rings. The van der Waals surface area contributed by atoms with E-state index >= 15 is 0 Å². The molecule has 1 nitrogen and oxygen atoms in total. The quantitative estimate of drug-likeness (QED) is 0.264. The van der Waals surface area contributed by atoms with E-state index in [1.807, 2.05) is 0 Å². The van der Waals surface area contributed by atoms with Crippen LogP contribution in [0.5, 0.6) is 0 Å². The fourth-order valence-corrected chi connectivity index (χ4v) is 5.19. The van der Waals surface area contributed by atoms with Gasteiger partial charge in [0, 0.05) is 16.5 Å². The van der Waals surface area contributed by atoms with Crippen LogP contribution in [0.4, 0.5) is 0 Å². The summed E-state index contributed by atoms with van der Waals surface area (Å²) in [4.78, 5) is 0. The molecule has 1 aromatic heterocycles. The zero-order valence-corrected chi connectivity index (χ0v) is 18.1. The minimum atomic E-state index is 1.19. The first-order chi connectivity index (χ1) is 16.4. The van der Waals surface area contributed by atoms with Gasteiger partial charge in [0.2, 0.25) is 0 Å². The molecule has 154 valence electrons. The second-order valence-corrected chi connectivity index (χ2v) is 8.65. The molecule has 0 radical (unpaired) electrons. The molecule has 0 aliphatic carbocycles. The maximum atomic E-state index is 2.41. The molecular weight excluding hydrogens is 398 g/mol. The normalized spacial score (nSPS) is 11.6. The molecule has 6 aromatic carbocycles. The van der Waals surface area contributed by atoms with Crippen LogP contribution in [0.1, 0.15) is 0 Å². The Bertz CT molecular complexity index is 1810. The summed E-state index contributed by atoms with van der Waals surface area (Å²) in [5.41, 5.74) is 6.16. The fraction of sp³-hybridized carbons (Fsp3) is 0. The van der Waals surface area contributed by atoms with Crippen molar-refractivity contribution in [2.24, 2.45) is 0 Å². The lowest BCUT2D eigenvalue weighted by molar-refractivity contribution is 1.19. The zero-order valence-electron chi connectivity index (χ0n) is 18.1. The van der Waals surface area contributed by atoms with Crippen molar-refractivity contribution in [1.29, 1.82) is 0 Å². The van der Waals surface area contributed by atoms with E-state index in [0.29, 0.717) is 0 Å². The van der Waals surface area contributed by atoms with Gasteiger partial charge in [0.1, 0.15) is 0 Å². The summed E-state index contributed by atoms with van der Waals surface area (Å²) in [5, 5.41) is 7.69. The van der Waals surface area contributed by atoms with Crippen molar-refractivity contribution in [3.8, 4) is 16.8 Å². The Hall–Kier alpha value is -4.36. The highest BCUT2D eigenvalue weighted by molar-refractivity contribution is 6.21. The molecule has 0 aliphatic heterocycles. The minimum absolute atomic E-state index is 1.19. The van der Waals surface area contributed by atoms with Crippen molar-refractivity contribution in [1.82, 2.24) is 4.57 Å². The van der Waals surface area contributed by atoms with Crippen molar-refractivity contribution in [2.75, 3.05) is 0 Å². The van der Waals surface area contributed by atoms with Crippen LogP contribution in [-0.4, -0.2) is 4.57 Å². The first kappa shape index (κ1) is 18.2. The lowest BCUT2D eigenvalue weighted by atomic mass is 9.98. The monoisotopic (exact) mass is 419 g/mol. The van der Waals surface area contributed by atoms with E-state index in [0.717, 1.165) is 0 Å². The molecule has 1 heterocycles. The average molecular weight is 420 g/mol. The summed E-state index contributed by atoms with van der Waals surface area (Å²) >= 11 is 0. The molecule has 33 heavy (non-hydrogen) atoms. The summed E-state index contributed by atoms with van der Waals surface area (Å²) in [7, 11) is 0. The third-order valence-electron chi connectivity index (χ3n) is 6.75. The largest absolute Gasteiger partial charge is 0.309 e. The van der Waals surface area contributed by atoms with Crippen molar-refractivity contribution in [2.45, 2.75) is 0 Å². The predicted octanol–water partition coefficient (Wildman–Crippen LogP) is 8.76. The highest BCUT2D eigenvalue weighted by Gasteiger charge is 2.15. The summed E-state index contributed by atoms with van der Waals surface area (Å²) in [6.45, 7) is 0. The Kier molecular flexibility index (Phi) is 3.91. The molecule has 0 atom stereocenters. The third-order valence-corrected chi connectivity index (χ3v) is 6.75. The molecule has 0 bridgehead atoms. The Morgan fingerprint density at radius 2 is 1.12 bits per heavy atom. The van der Waals surface area contributed by atoms with Crippen LogP contribution in [0.15, 0.2) is 127 Å². The average Bonchev–Trinajstić information content (AvgIpc) is 3.23. The van der Waals surface area contributed by atoms with Gasteiger partial charge < -0.3 is 4.57 Å². The molecule has 0 saturated carbocycles. The summed E-state index contributed by atoms with van der Waals surface area (Å²) in [6.07, 6.45) is 0. The van der Waals surface area contributed by atoms with Gasteiger partial charge in [0.25, 0.3) is 0 Å². The van der Waals surface area contributed by atoms with Crippen LogP contribution in [0.2, 0.25) is 0 Å². The number of nitrogens with zero attached hydrogens (tertiary/aromatic N) is 1. The maximum absolute atomic E-state index is 2.41. The van der Waals surface area contributed by atoms with Crippen molar-refractivity contribution in [3.63, 3.8) is 0 Å². The van der Waals surface area contributed by atoms with Crippen molar-refractivity contribution >= 4 is 43.4 Å². The zero-order chi connectivity index (χ0) is 21.8. The van der Waals surface area contributed by atoms with Crippen LogP contribution >= 0.6 is 0 Å². The van der Waals surface area contributed by atoms with Gasteiger partial charge in [-0.3, -0.25) is 0 Å². The highest BCUT2D eigenvalue weighted by Crippen LogP contribution is 2.38. The molecule has 0 amide bonds. The number of aromatic nitrogens is 1. The van der Waals surface area contributed by atoms with Crippen molar-refractivity contribution in [3.05, 3.63) is 127 Å². The fourth-order valence-electron chi connectivity index (χ4n) is 5.19. The lowest BCUT2D eigenvalue weighted by Crippen LogP contribution is -1.93. The minimum Gasteiger partial charge on any atom is -0.309 e. The smallest absolute Gasteiger partial charge is 0.0547 e. The van der Waals surface area contributed by atoms with E-state index < -0.39 is 0 Å². The summed E-state index contributed by atoms with van der Waals surface area (Å²) in [5.74, 6) is 0. The van der Waals surface area contributed by atoms with E-state index in [-0.39, 0.29) is 0 Å². The molecule has 0 unspecified atom stereocenters. The summed E-state index contributed by atoms with van der Waals surface area (Å²) in [6, 6.07) is 46.1. The van der Waals surface area contributed by atoms with Gasteiger partial charge in [-0.05, 0) is 63.0 Å².